The van der Waals surface area contributed by atoms with Gasteiger partial charge in [-0.2, -0.15) is 0 Å². The smallest absolute Gasteiger partial charge is 0.275 e. The summed E-state index contributed by atoms with van der Waals surface area (Å²) in [7, 11) is 0. The van der Waals surface area contributed by atoms with Crippen LogP contribution in [0.1, 0.15) is 22.0 Å². The van der Waals surface area contributed by atoms with Crippen LogP contribution >= 0.6 is 11.3 Å². The lowest BCUT2D eigenvalue weighted by molar-refractivity contribution is 0.102. The average molecular weight is 222 g/mol. The van der Waals surface area contributed by atoms with Crippen molar-refractivity contribution >= 4 is 22.4 Å². The summed E-state index contributed by atoms with van der Waals surface area (Å²) >= 11 is 1.40. The first-order valence-electron chi connectivity index (χ1n) is 4.40. The molecule has 0 aromatic carbocycles. The number of rotatable bonds is 2. The summed E-state index contributed by atoms with van der Waals surface area (Å²) in [5, 5.41) is 5.17. The van der Waals surface area contributed by atoms with Crippen LogP contribution in [0.3, 0.4) is 0 Å². The third-order valence-electron chi connectivity index (χ3n) is 1.79. The van der Waals surface area contributed by atoms with Crippen LogP contribution in [-0.4, -0.2) is 20.9 Å². The molecule has 0 unspecified atom stereocenters. The Balaban J connectivity index is 2.10. The number of H-pyrrole nitrogens is 1. The fourth-order valence-electron chi connectivity index (χ4n) is 1.11. The van der Waals surface area contributed by atoms with Crippen molar-refractivity contribution in [2.75, 3.05) is 5.32 Å². The number of nitrogens with one attached hydrogen (secondary N) is 2. The van der Waals surface area contributed by atoms with Crippen molar-refractivity contribution < 1.29 is 4.79 Å². The zero-order valence-corrected chi connectivity index (χ0v) is 9.18. The first kappa shape index (κ1) is 9.85. The number of hydrogen-bond acceptors (Lipinski definition) is 4. The number of carbonyl (C=O) groups excluding carboxylic acids is 1. The van der Waals surface area contributed by atoms with E-state index in [4.69, 9.17) is 0 Å². The van der Waals surface area contributed by atoms with Crippen LogP contribution in [-0.2, 0) is 0 Å². The number of hydrogen-bond donors (Lipinski definition) is 2. The normalized spacial score (nSPS) is 10.3. The summed E-state index contributed by atoms with van der Waals surface area (Å²) in [5.74, 6) is 0.500. The van der Waals surface area contributed by atoms with Gasteiger partial charge < -0.3 is 4.98 Å². The van der Waals surface area contributed by atoms with Crippen molar-refractivity contribution in [1.29, 1.82) is 0 Å². The minimum Gasteiger partial charge on any atom is -0.338 e. The number of amides is 1. The predicted molar refractivity (Wildman–Crippen MR) is 58.1 cm³/mol. The van der Waals surface area contributed by atoms with E-state index in [1.165, 1.54) is 17.5 Å². The average Bonchev–Trinajstić information content (AvgIpc) is 2.75. The molecule has 15 heavy (non-hydrogen) atoms. The van der Waals surface area contributed by atoms with Gasteiger partial charge in [0.15, 0.2) is 5.13 Å². The molecule has 2 aromatic heterocycles. The Labute approximate surface area is 90.6 Å². The fourth-order valence-corrected chi connectivity index (χ4v) is 1.80. The summed E-state index contributed by atoms with van der Waals surface area (Å²) in [6.45, 7) is 3.68. The van der Waals surface area contributed by atoms with Crippen molar-refractivity contribution in [3.05, 3.63) is 28.8 Å². The van der Waals surface area contributed by atoms with E-state index in [1.54, 1.807) is 6.92 Å². The van der Waals surface area contributed by atoms with E-state index in [0.717, 1.165) is 11.5 Å². The molecule has 78 valence electrons. The molecule has 0 fully saturated rings. The van der Waals surface area contributed by atoms with Gasteiger partial charge in [-0.25, -0.2) is 9.97 Å². The van der Waals surface area contributed by atoms with E-state index >= 15 is 0 Å². The Bertz CT molecular complexity index is 488. The minimum absolute atomic E-state index is 0.218. The second-order valence-electron chi connectivity index (χ2n) is 3.13. The highest BCUT2D eigenvalue weighted by molar-refractivity contribution is 7.13. The number of nitrogens with zero attached hydrogens (tertiary/aromatic N) is 2. The summed E-state index contributed by atoms with van der Waals surface area (Å²) in [6.07, 6.45) is 1.51. The van der Waals surface area contributed by atoms with E-state index in [0.29, 0.717) is 10.8 Å². The summed E-state index contributed by atoms with van der Waals surface area (Å²) in [4.78, 5) is 22.6. The molecule has 0 aliphatic rings. The van der Waals surface area contributed by atoms with Crippen LogP contribution < -0.4 is 5.32 Å². The molecule has 0 saturated carbocycles. The van der Waals surface area contributed by atoms with Crippen LogP contribution in [0.15, 0.2) is 11.6 Å². The zero-order chi connectivity index (χ0) is 10.8. The van der Waals surface area contributed by atoms with Crippen molar-refractivity contribution in [2.24, 2.45) is 0 Å². The fraction of sp³-hybridized carbons (Fsp3) is 0.222. The molecular formula is C9H10N4OS. The maximum Gasteiger partial charge on any atom is 0.275 e. The van der Waals surface area contributed by atoms with Gasteiger partial charge in [-0.1, -0.05) is 0 Å². The number of aromatic amines is 1. The van der Waals surface area contributed by atoms with Crippen LogP contribution in [0.5, 0.6) is 0 Å². The Morgan fingerprint density at radius 2 is 2.33 bits per heavy atom. The minimum atomic E-state index is -0.218. The van der Waals surface area contributed by atoms with E-state index in [1.807, 2.05) is 12.3 Å². The van der Waals surface area contributed by atoms with Crippen molar-refractivity contribution in [2.45, 2.75) is 13.8 Å². The molecule has 0 aliphatic heterocycles. The number of aromatic nitrogens is 3. The highest BCUT2D eigenvalue weighted by Crippen LogP contribution is 2.15. The Morgan fingerprint density at radius 1 is 1.53 bits per heavy atom. The molecule has 0 atom stereocenters. The Hall–Kier alpha value is -1.69. The van der Waals surface area contributed by atoms with Crippen molar-refractivity contribution in [3.8, 4) is 0 Å². The lowest BCUT2D eigenvalue weighted by Crippen LogP contribution is -2.12. The molecule has 2 heterocycles. The topological polar surface area (TPSA) is 70.7 Å². The van der Waals surface area contributed by atoms with Gasteiger partial charge in [-0.3, -0.25) is 10.1 Å². The SMILES string of the molecule is Cc1csc(NC(=O)c2cnc(C)[nH]2)n1. The third-order valence-corrected chi connectivity index (χ3v) is 2.66. The first-order chi connectivity index (χ1) is 7.15. The number of imidazole rings is 1. The van der Waals surface area contributed by atoms with E-state index in [9.17, 15) is 4.79 Å². The molecule has 5 nitrogen and oxygen atoms in total. The molecule has 2 rings (SSSR count). The number of carbonyl (C=O) groups is 1. The van der Waals surface area contributed by atoms with E-state index in [-0.39, 0.29) is 5.91 Å². The number of thiazole rings is 1. The second-order valence-corrected chi connectivity index (χ2v) is 3.99. The van der Waals surface area contributed by atoms with Crippen LogP contribution in [0.2, 0.25) is 0 Å². The molecule has 0 radical (unpaired) electrons. The summed E-state index contributed by atoms with van der Waals surface area (Å²) < 4.78 is 0. The predicted octanol–water partition coefficient (Wildman–Crippen LogP) is 1.74. The van der Waals surface area contributed by atoms with E-state index in [2.05, 4.69) is 20.3 Å². The van der Waals surface area contributed by atoms with Gasteiger partial charge in [-0.05, 0) is 13.8 Å². The highest BCUT2D eigenvalue weighted by Gasteiger charge is 2.09. The van der Waals surface area contributed by atoms with E-state index < -0.39 is 0 Å². The molecule has 0 bridgehead atoms. The van der Waals surface area contributed by atoms with Crippen molar-refractivity contribution in [1.82, 2.24) is 15.0 Å². The Kier molecular flexibility index (Phi) is 2.51. The zero-order valence-electron chi connectivity index (χ0n) is 8.37. The van der Waals surface area contributed by atoms with Crippen LogP contribution in [0.25, 0.3) is 0 Å². The number of aryl methyl sites for hydroxylation is 2. The molecule has 0 aliphatic carbocycles. The molecule has 0 spiro atoms. The van der Waals surface area contributed by atoms with Crippen LogP contribution in [0, 0.1) is 13.8 Å². The van der Waals surface area contributed by atoms with Gasteiger partial charge >= 0.3 is 0 Å². The van der Waals surface area contributed by atoms with Gasteiger partial charge in [0, 0.05) is 5.38 Å². The maximum absolute atomic E-state index is 11.6. The molecule has 0 saturated heterocycles. The Morgan fingerprint density at radius 3 is 2.87 bits per heavy atom. The lowest BCUT2D eigenvalue weighted by Gasteiger charge is -1.97. The highest BCUT2D eigenvalue weighted by atomic mass is 32.1. The van der Waals surface area contributed by atoms with Gasteiger partial charge in [0.25, 0.3) is 5.91 Å². The van der Waals surface area contributed by atoms with Crippen LogP contribution in [0.4, 0.5) is 5.13 Å². The first-order valence-corrected chi connectivity index (χ1v) is 5.28. The monoisotopic (exact) mass is 222 g/mol. The van der Waals surface area contributed by atoms with Gasteiger partial charge in [0.05, 0.1) is 11.9 Å². The quantitative estimate of drug-likeness (QED) is 0.813. The second kappa shape index (κ2) is 3.82. The molecular weight excluding hydrogens is 212 g/mol. The summed E-state index contributed by atoms with van der Waals surface area (Å²) in [5.41, 5.74) is 1.34. The summed E-state index contributed by atoms with van der Waals surface area (Å²) in [6, 6.07) is 0. The molecule has 2 aromatic rings. The molecule has 2 N–H and O–H groups in total. The number of anilines is 1. The lowest BCUT2D eigenvalue weighted by atomic mass is 10.4. The standard InChI is InChI=1S/C9H10N4OS/c1-5-4-15-9(11-5)13-8(14)7-3-10-6(2)12-7/h3-4H,1-2H3,(H,10,12)(H,11,13,14). The third kappa shape index (κ3) is 2.21. The molecule has 6 heteroatoms. The van der Waals surface area contributed by atoms with Gasteiger partial charge in [0.2, 0.25) is 0 Å². The van der Waals surface area contributed by atoms with Gasteiger partial charge in [0.1, 0.15) is 11.5 Å². The van der Waals surface area contributed by atoms with Crippen molar-refractivity contribution in [3.63, 3.8) is 0 Å². The maximum atomic E-state index is 11.6. The molecule has 1 amide bonds. The largest absolute Gasteiger partial charge is 0.338 e. The van der Waals surface area contributed by atoms with Gasteiger partial charge in [-0.15, -0.1) is 11.3 Å².